The number of hydrogen-bond donors (Lipinski definition) is 1. The molecule has 1 aliphatic rings. The Labute approximate surface area is 106 Å². The monoisotopic (exact) mass is 244 g/mol. The number of benzene rings is 1. The fraction of sp³-hybridized carbons (Fsp3) is 0.429. The molecule has 1 N–H and O–H groups in total. The van der Waals surface area contributed by atoms with Gasteiger partial charge in [-0.2, -0.15) is 5.26 Å². The molecule has 0 aromatic heterocycles. The van der Waals surface area contributed by atoms with Crippen LogP contribution in [-0.2, 0) is 0 Å². The van der Waals surface area contributed by atoms with Crippen molar-refractivity contribution in [3.05, 3.63) is 35.4 Å². The lowest BCUT2D eigenvalue weighted by Crippen LogP contribution is -2.35. The fourth-order valence-electron chi connectivity index (χ4n) is 1.97. The molecule has 1 aromatic carbocycles. The molecule has 4 heteroatoms. The number of nitrogens with zero attached hydrogens (tertiary/aromatic N) is 2. The van der Waals surface area contributed by atoms with Gasteiger partial charge in [-0.25, -0.2) is 0 Å². The van der Waals surface area contributed by atoms with Crippen molar-refractivity contribution in [1.82, 2.24) is 4.90 Å². The summed E-state index contributed by atoms with van der Waals surface area (Å²) in [4.78, 5) is 13.7. The van der Waals surface area contributed by atoms with Gasteiger partial charge in [0.05, 0.1) is 23.3 Å². The van der Waals surface area contributed by atoms with Crippen LogP contribution in [0.5, 0.6) is 0 Å². The van der Waals surface area contributed by atoms with Crippen molar-refractivity contribution in [2.45, 2.75) is 18.9 Å². The first-order chi connectivity index (χ1) is 8.63. The summed E-state index contributed by atoms with van der Waals surface area (Å²) >= 11 is 0. The molecule has 0 spiro atoms. The largest absolute Gasteiger partial charge is 0.391 e. The van der Waals surface area contributed by atoms with Gasteiger partial charge in [-0.15, -0.1) is 0 Å². The quantitative estimate of drug-likeness (QED) is 0.870. The van der Waals surface area contributed by atoms with E-state index in [0.717, 1.165) is 12.8 Å². The molecule has 1 fully saturated rings. The zero-order valence-corrected chi connectivity index (χ0v) is 10.3. The van der Waals surface area contributed by atoms with E-state index in [1.165, 1.54) is 4.90 Å². The first-order valence-corrected chi connectivity index (χ1v) is 6.06. The van der Waals surface area contributed by atoms with Gasteiger partial charge in [0.15, 0.2) is 0 Å². The molecule has 1 saturated carbocycles. The van der Waals surface area contributed by atoms with Crippen LogP contribution in [0.3, 0.4) is 0 Å². The van der Waals surface area contributed by atoms with Crippen LogP contribution in [0.15, 0.2) is 24.3 Å². The normalized spacial score (nSPS) is 15.8. The molecule has 0 heterocycles. The van der Waals surface area contributed by atoms with Gasteiger partial charge in [-0.1, -0.05) is 12.1 Å². The van der Waals surface area contributed by atoms with Crippen molar-refractivity contribution >= 4 is 5.91 Å². The van der Waals surface area contributed by atoms with Gasteiger partial charge in [-0.05, 0) is 30.9 Å². The minimum atomic E-state index is -0.451. The number of carbonyl (C=O) groups excluding carboxylic acids is 1. The van der Waals surface area contributed by atoms with Crippen molar-refractivity contribution in [2.75, 3.05) is 13.6 Å². The average Bonchev–Trinajstić information content (AvgIpc) is 3.22. The summed E-state index contributed by atoms with van der Waals surface area (Å²) in [6.07, 6.45) is 1.63. The van der Waals surface area contributed by atoms with E-state index in [2.05, 4.69) is 0 Å². The number of aliphatic hydroxyl groups is 1. The highest BCUT2D eigenvalue weighted by Gasteiger charge is 2.31. The SMILES string of the molecule is CN(CC(O)C1CC1)C(=O)c1ccccc1C#N. The van der Waals surface area contributed by atoms with E-state index < -0.39 is 6.10 Å². The van der Waals surface area contributed by atoms with Crippen LogP contribution < -0.4 is 0 Å². The number of amides is 1. The van der Waals surface area contributed by atoms with Gasteiger partial charge in [0.1, 0.15) is 0 Å². The van der Waals surface area contributed by atoms with Gasteiger partial charge < -0.3 is 10.0 Å². The van der Waals surface area contributed by atoms with Crippen LogP contribution in [0, 0.1) is 17.2 Å². The maximum Gasteiger partial charge on any atom is 0.255 e. The van der Waals surface area contributed by atoms with E-state index in [9.17, 15) is 9.90 Å². The zero-order chi connectivity index (χ0) is 13.1. The second kappa shape index (κ2) is 5.19. The highest BCUT2D eigenvalue weighted by atomic mass is 16.3. The summed E-state index contributed by atoms with van der Waals surface area (Å²) in [6.45, 7) is 0.323. The molecule has 4 nitrogen and oxygen atoms in total. The first kappa shape index (κ1) is 12.6. The van der Waals surface area contributed by atoms with Crippen LogP contribution in [0.25, 0.3) is 0 Å². The molecular weight excluding hydrogens is 228 g/mol. The Bertz CT molecular complexity index is 489. The summed E-state index contributed by atoms with van der Waals surface area (Å²) in [7, 11) is 1.65. The second-order valence-corrected chi connectivity index (χ2v) is 4.75. The number of rotatable bonds is 4. The summed E-state index contributed by atoms with van der Waals surface area (Å²) in [5.41, 5.74) is 0.765. The molecular formula is C14H16N2O2. The first-order valence-electron chi connectivity index (χ1n) is 6.06. The molecule has 94 valence electrons. The van der Waals surface area contributed by atoms with E-state index in [1.54, 1.807) is 31.3 Å². The Hall–Kier alpha value is -1.86. The van der Waals surface area contributed by atoms with Gasteiger partial charge >= 0.3 is 0 Å². The third-order valence-corrected chi connectivity index (χ3v) is 3.25. The number of aliphatic hydroxyl groups excluding tert-OH is 1. The van der Waals surface area contributed by atoms with Gasteiger partial charge in [-0.3, -0.25) is 4.79 Å². The predicted octanol–water partition coefficient (Wildman–Crippen LogP) is 1.40. The van der Waals surface area contributed by atoms with Crippen molar-refractivity contribution in [2.24, 2.45) is 5.92 Å². The molecule has 0 saturated heterocycles. The summed E-state index contributed by atoms with van der Waals surface area (Å²) in [5.74, 6) is 0.123. The lowest BCUT2D eigenvalue weighted by Gasteiger charge is -2.21. The standard InChI is InChI=1S/C14H16N2O2/c1-16(9-13(17)10-6-7-10)14(18)12-5-3-2-4-11(12)8-15/h2-5,10,13,17H,6-7,9H2,1H3. The zero-order valence-electron chi connectivity index (χ0n) is 10.3. The van der Waals surface area contributed by atoms with E-state index in [4.69, 9.17) is 5.26 Å². The van der Waals surface area contributed by atoms with Crippen LogP contribution in [0.4, 0.5) is 0 Å². The lowest BCUT2D eigenvalue weighted by atomic mass is 10.1. The molecule has 1 aromatic rings. The van der Waals surface area contributed by atoms with E-state index in [-0.39, 0.29) is 5.91 Å². The average molecular weight is 244 g/mol. The lowest BCUT2D eigenvalue weighted by molar-refractivity contribution is 0.0645. The Morgan fingerprint density at radius 1 is 1.56 bits per heavy atom. The predicted molar refractivity (Wildman–Crippen MR) is 66.8 cm³/mol. The number of nitriles is 1. The molecule has 18 heavy (non-hydrogen) atoms. The van der Waals surface area contributed by atoms with Gasteiger partial charge in [0, 0.05) is 13.6 Å². The van der Waals surface area contributed by atoms with Crippen LogP contribution >= 0.6 is 0 Å². The summed E-state index contributed by atoms with van der Waals surface area (Å²) < 4.78 is 0. The van der Waals surface area contributed by atoms with Crippen molar-refractivity contribution in [3.63, 3.8) is 0 Å². The number of carbonyl (C=O) groups is 1. The Morgan fingerprint density at radius 2 is 2.22 bits per heavy atom. The molecule has 0 radical (unpaired) electrons. The Balaban J connectivity index is 2.07. The highest BCUT2D eigenvalue weighted by Crippen LogP contribution is 2.32. The van der Waals surface area contributed by atoms with Gasteiger partial charge in [0.2, 0.25) is 0 Å². The molecule has 0 aliphatic heterocycles. The van der Waals surface area contributed by atoms with E-state index in [1.807, 2.05) is 6.07 Å². The molecule has 0 bridgehead atoms. The van der Waals surface area contributed by atoms with Crippen molar-refractivity contribution in [1.29, 1.82) is 5.26 Å². The molecule has 1 atom stereocenters. The van der Waals surface area contributed by atoms with E-state index >= 15 is 0 Å². The Morgan fingerprint density at radius 3 is 2.83 bits per heavy atom. The third-order valence-electron chi connectivity index (χ3n) is 3.25. The molecule has 1 unspecified atom stereocenters. The van der Waals surface area contributed by atoms with Crippen LogP contribution in [0.2, 0.25) is 0 Å². The van der Waals surface area contributed by atoms with Crippen molar-refractivity contribution in [3.8, 4) is 6.07 Å². The topological polar surface area (TPSA) is 64.3 Å². The second-order valence-electron chi connectivity index (χ2n) is 4.75. The van der Waals surface area contributed by atoms with Crippen molar-refractivity contribution < 1.29 is 9.90 Å². The minimum absolute atomic E-state index is 0.216. The summed E-state index contributed by atoms with van der Waals surface area (Å²) in [6, 6.07) is 8.74. The molecule has 2 rings (SSSR count). The third kappa shape index (κ3) is 2.69. The fourth-order valence-corrected chi connectivity index (χ4v) is 1.97. The van der Waals surface area contributed by atoms with Crippen LogP contribution in [-0.4, -0.2) is 35.6 Å². The highest BCUT2D eigenvalue weighted by molar-refractivity contribution is 5.96. The van der Waals surface area contributed by atoms with Crippen LogP contribution in [0.1, 0.15) is 28.8 Å². The maximum absolute atomic E-state index is 12.2. The van der Waals surface area contributed by atoms with Gasteiger partial charge in [0.25, 0.3) is 5.91 Å². The summed E-state index contributed by atoms with van der Waals surface area (Å²) in [5, 5.41) is 18.8. The number of likely N-dealkylation sites (N-methyl/N-ethyl adjacent to an activating group) is 1. The molecule has 1 aliphatic carbocycles. The molecule has 1 amide bonds. The minimum Gasteiger partial charge on any atom is -0.391 e. The smallest absolute Gasteiger partial charge is 0.255 e. The Kier molecular flexibility index (Phi) is 3.63. The number of hydrogen-bond acceptors (Lipinski definition) is 3. The van der Waals surface area contributed by atoms with E-state index in [0.29, 0.717) is 23.6 Å². The maximum atomic E-state index is 12.2.